The summed E-state index contributed by atoms with van der Waals surface area (Å²) in [7, 11) is 0. The Bertz CT molecular complexity index is 419. The van der Waals surface area contributed by atoms with Crippen LogP contribution in [0.25, 0.3) is 0 Å². The molecule has 0 radical (unpaired) electrons. The van der Waals surface area contributed by atoms with Crippen molar-refractivity contribution in [2.24, 2.45) is 0 Å². The van der Waals surface area contributed by atoms with Crippen molar-refractivity contribution in [1.29, 1.82) is 0 Å². The molecule has 1 amide bonds. The van der Waals surface area contributed by atoms with Crippen LogP contribution in [0.2, 0.25) is 0 Å². The van der Waals surface area contributed by atoms with E-state index in [0.717, 1.165) is 25.0 Å². The zero-order valence-corrected chi connectivity index (χ0v) is 9.04. The third-order valence-electron chi connectivity index (χ3n) is 2.98. The van der Waals surface area contributed by atoms with Crippen LogP contribution in [-0.4, -0.2) is 23.4 Å². The molecule has 1 aromatic carbocycles. The lowest BCUT2D eigenvalue weighted by molar-refractivity contribution is 0.0747. The molecule has 1 aromatic rings. The minimum absolute atomic E-state index is 0.181. The Hall–Kier alpha value is -1.45. The van der Waals surface area contributed by atoms with Crippen molar-refractivity contribution in [3.05, 3.63) is 35.4 Å². The first kappa shape index (κ1) is 11.0. The van der Waals surface area contributed by atoms with Crippen molar-refractivity contribution in [1.82, 2.24) is 4.90 Å². The lowest BCUT2D eigenvalue weighted by Gasteiger charge is -2.21. The summed E-state index contributed by atoms with van der Waals surface area (Å²) >= 11 is 0. The van der Waals surface area contributed by atoms with Gasteiger partial charge in [-0.3, -0.25) is 4.79 Å². The van der Waals surface area contributed by atoms with E-state index >= 15 is 0 Å². The lowest BCUT2D eigenvalue weighted by Crippen LogP contribution is -2.33. The molecule has 4 heteroatoms. The van der Waals surface area contributed by atoms with E-state index in [9.17, 15) is 13.6 Å². The maximum Gasteiger partial charge on any atom is 0.254 e. The Morgan fingerprint density at radius 3 is 2.69 bits per heavy atom. The molecular weight excluding hydrogens is 212 g/mol. The van der Waals surface area contributed by atoms with Crippen LogP contribution in [0.3, 0.4) is 0 Å². The Labute approximate surface area is 92.9 Å². The van der Waals surface area contributed by atoms with Crippen molar-refractivity contribution in [2.75, 3.05) is 6.54 Å². The number of likely N-dealkylation sites (tertiary alicyclic amines) is 1. The van der Waals surface area contributed by atoms with Crippen molar-refractivity contribution in [3.63, 3.8) is 0 Å². The minimum Gasteiger partial charge on any atom is -0.336 e. The minimum atomic E-state index is -0.974. The van der Waals surface area contributed by atoms with E-state index < -0.39 is 11.6 Å². The summed E-state index contributed by atoms with van der Waals surface area (Å²) < 4.78 is 25.7. The van der Waals surface area contributed by atoms with Crippen LogP contribution in [-0.2, 0) is 0 Å². The van der Waals surface area contributed by atoms with Crippen molar-refractivity contribution < 1.29 is 13.6 Å². The van der Waals surface area contributed by atoms with E-state index in [1.165, 1.54) is 6.07 Å². The third kappa shape index (κ3) is 1.92. The second-order valence-corrected chi connectivity index (χ2v) is 4.12. The first-order chi connectivity index (χ1) is 7.59. The van der Waals surface area contributed by atoms with Gasteiger partial charge in [0.1, 0.15) is 0 Å². The van der Waals surface area contributed by atoms with Crippen LogP contribution in [0.4, 0.5) is 8.78 Å². The maximum absolute atomic E-state index is 13.0. The van der Waals surface area contributed by atoms with Gasteiger partial charge in [-0.25, -0.2) is 8.78 Å². The van der Waals surface area contributed by atoms with Gasteiger partial charge in [-0.2, -0.15) is 0 Å². The molecule has 2 nitrogen and oxygen atoms in total. The van der Waals surface area contributed by atoms with Gasteiger partial charge in [0.05, 0.1) is 0 Å². The van der Waals surface area contributed by atoms with E-state index in [0.29, 0.717) is 6.54 Å². The summed E-state index contributed by atoms with van der Waals surface area (Å²) in [4.78, 5) is 13.7. The molecule has 1 fully saturated rings. The van der Waals surface area contributed by atoms with Gasteiger partial charge in [0.25, 0.3) is 5.91 Å². The van der Waals surface area contributed by atoms with Crippen LogP contribution < -0.4 is 0 Å². The highest BCUT2D eigenvalue weighted by Crippen LogP contribution is 2.20. The number of carbonyl (C=O) groups is 1. The normalized spacial score (nSPS) is 20.2. The second kappa shape index (κ2) is 4.20. The standard InChI is InChI=1S/C12H13F2NO/c1-8-3-2-6-15(8)12(16)9-4-5-10(13)11(14)7-9/h4-5,7-8H,2-3,6H2,1H3. The Morgan fingerprint density at radius 1 is 1.38 bits per heavy atom. The van der Waals surface area contributed by atoms with Gasteiger partial charge in [-0.1, -0.05) is 0 Å². The Balaban J connectivity index is 2.23. The molecule has 0 spiro atoms. The second-order valence-electron chi connectivity index (χ2n) is 4.12. The van der Waals surface area contributed by atoms with E-state index in [1.807, 2.05) is 6.92 Å². The number of carbonyl (C=O) groups excluding carboxylic acids is 1. The molecule has 1 aliphatic heterocycles. The summed E-state index contributed by atoms with van der Waals surface area (Å²) in [6.45, 7) is 2.66. The quantitative estimate of drug-likeness (QED) is 0.719. The molecular formula is C12H13F2NO. The fourth-order valence-electron chi connectivity index (χ4n) is 2.03. The number of hydrogen-bond donors (Lipinski definition) is 0. The average Bonchev–Trinajstić information content (AvgIpc) is 2.67. The molecule has 2 rings (SSSR count). The molecule has 1 atom stereocenters. The molecule has 16 heavy (non-hydrogen) atoms. The van der Waals surface area contributed by atoms with Gasteiger partial charge in [0.2, 0.25) is 0 Å². The van der Waals surface area contributed by atoms with E-state index in [-0.39, 0.29) is 17.5 Å². The molecule has 1 unspecified atom stereocenters. The zero-order valence-electron chi connectivity index (χ0n) is 9.04. The van der Waals surface area contributed by atoms with Gasteiger partial charge in [0.15, 0.2) is 11.6 Å². The number of halogens is 2. The van der Waals surface area contributed by atoms with Crippen molar-refractivity contribution >= 4 is 5.91 Å². The highest BCUT2D eigenvalue weighted by molar-refractivity contribution is 5.94. The molecule has 86 valence electrons. The Morgan fingerprint density at radius 2 is 2.12 bits per heavy atom. The first-order valence-corrected chi connectivity index (χ1v) is 5.35. The summed E-state index contributed by atoms with van der Waals surface area (Å²) in [6.07, 6.45) is 1.94. The molecule has 1 heterocycles. The third-order valence-corrected chi connectivity index (χ3v) is 2.98. The smallest absolute Gasteiger partial charge is 0.254 e. The fourth-order valence-corrected chi connectivity index (χ4v) is 2.03. The number of rotatable bonds is 1. The van der Waals surface area contributed by atoms with Crippen LogP contribution in [0.15, 0.2) is 18.2 Å². The number of nitrogens with zero attached hydrogens (tertiary/aromatic N) is 1. The molecule has 0 N–H and O–H groups in total. The van der Waals surface area contributed by atoms with Gasteiger partial charge in [-0.15, -0.1) is 0 Å². The van der Waals surface area contributed by atoms with Crippen molar-refractivity contribution in [2.45, 2.75) is 25.8 Å². The summed E-state index contributed by atoms with van der Waals surface area (Å²) in [5.74, 6) is -2.12. The van der Waals surface area contributed by atoms with Crippen LogP contribution >= 0.6 is 0 Å². The highest BCUT2D eigenvalue weighted by atomic mass is 19.2. The lowest BCUT2D eigenvalue weighted by atomic mass is 10.1. The van der Waals surface area contributed by atoms with Gasteiger partial charge in [-0.05, 0) is 38.0 Å². The zero-order chi connectivity index (χ0) is 11.7. The topological polar surface area (TPSA) is 20.3 Å². The first-order valence-electron chi connectivity index (χ1n) is 5.35. The van der Waals surface area contributed by atoms with Crippen LogP contribution in [0.1, 0.15) is 30.1 Å². The number of amides is 1. The molecule has 1 aliphatic rings. The highest BCUT2D eigenvalue weighted by Gasteiger charge is 2.26. The summed E-state index contributed by atoms with van der Waals surface area (Å²) in [5, 5.41) is 0. The van der Waals surface area contributed by atoms with E-state index in [1.54, 1.807) is 4.90 Å². The van der Waals surface area contributed by atoms with Crippen molar-refractivity contribution in [3.8, 4) is 0 Å². The molecule has 0 aliphatic carbocycles. The van der Waals surface area contributed by atoms with Gasteiger partial charge >= 0.3 is 0 Å². The molecule has 1 saturated heterocycles. The average molecular weight is 225 g/mol. The maximum atomic E-state index is 13.0. The fraction of sp³-hybridized carbons (Fsp3) is 0.417. The monoisotopic (exact) mass is 225 g/mol. The summed E-state index contributed by atoms with van der Waals surface area (Å²) in [5.41, 5.74) is 0.215. The van der Waals surface area contributed by atoms with E-state index in [4.69, 9.17) is 0 Å². The largest absolute Gasteiger partial charge is 0.336 e. The predicted octanol–water partition coefficient (Wildman–Crippen LogP) is 2.59. The number of benzene rings is 1. The van der Waals surface area contributed by atoms with Gasteiger partial charge < -0.3 is 4.90 Å². The predicted molar refractivity (Wildman–Crippen MR) is 56.1 cm³/mol. The molecule has 0 saturated carbocycles. The summed E-state index contributed by atoms with van der Waals surface area (Å²) in [6, 6.07) is 3.46. The molecule has 0 bridgehead atoms. The molecule has 0 aromatic heterocycles. The van der Waals surface area contributed by atoms with Gasteiger partial charge in [0, 0.05) is 18.2 Å². The Kier molecular flexibility index (Phi) is 2.90. The number of hydrogen-bond acceptors (Lipinski definition) is 1. The van der Waals surface area contributed by atoms with E-state index in [2.05, 4.69) is 0 Å². The van der Waals surface area contributed by atoms with Crippen LogP contribution in [0, 0.1) is 11.6 Å². The SMILES string of the molecule is CC1CCCN1C(=O)c1ccc(F)c(F)c1. The van der Waals surface area contributed by atoms with Crippen LogP contribution in [0.5, 0.6) is 0 Å².